The van der Waals surface area contributed by atoms with Crippen LogP contribution in [0.1, 0.15) is 35.1 Å². The fourth-order valence-electron chi connectivity index (χ4n) is 3.41. The van der Waals surface area contributed by atoms with Crippen molar-refractivity contribution in [1.29, 1.82) is 0 Å². The maximum Gasteiger partial charge on any atom is 0.269 e. The van der Waals surface area contributed by atoms with Crippen molar-refractivity contribution in [3.05, 3.63) is 60.2 Å². The molecule has 1 saturated carbocycles. The van der Waals surface area contributed by atoms with Gasteiger partial charge in [-0.15, -0.1) is 0 Å². The molecule has 1 aliphatic carbocycles. The van der Waals surface area contributed by atoms with Crippen LogP contribution in [0.4, 0.5) is 0 Å². The Labute approximate surface area is 151 Å². The van der Waals surface area contributed by atoms with Gasteiger partial charge < -0.3 is 15.0 Å². The second-order valence-corrected chi connectivity index (χ2v) is 6.76. The van der Waals surface area contributed by atoms with Gasteiger partial charge >= 0.3 is 0 Å². The second kappa shape index (κ2) is 6.76. The molecular formula is C19H21N5O2. The standard InChI is InChI=1S/C19H21N5O2/c1-24-8-4-6-17(24)15-11-16(23-22-15)19(26)21-18(12-9-13(25)10-12)14-5-2-3-7-20-14/h2-8,11-13,18,25H,9-10H2,1H3,(H,21,26)(H,22,23). The Morgan fingerprint density at radius 1 is 1.35 bits per heavy atom. The van der Waals surface area contributed by atoms with E-state index in [1.165, 1.54) is 0 Å². The Hall–Kier alpha value is -2.93. The quantitative estimate of drug-likeness (QED) is 0.655. The van der Waals surface area contributed by atoms with Crippen molar-refractivity contribution < 1.29 is 9.90 Å². The van der Waals surface area contributed by atoms with Gasteiger partial charge in [-0.3, -0.25) is 14.9 Å². The topological polar surface area (TPSA) is 95.8 Å². The van der Waals surface area contributed by atoms with Gasteiger partial charge in [0, 0.05) is 19.4 Å². The van der Waals surface area contributed by atoms with E-state index in [1.807, 2.05) is 48.1 Å². The zero-order valence-corrected chi connectivity index (χ0v) is 14.5. The monoisotopic (exact) mass is 351 g/mol. The number of rotatable bonds is 5. The summed E-state index contributed by atoms with van der Waals surface area (Å²) in [7, 11) is 1.93. The Morgan fingerprint density at radius 2 is 2.19 bits per heavy atom. The fraction of sp³-hybridized carbons (Fsp3) is 0.316. The summed E-state index contributed by atoms with van der Waals surface area (Å²) in [4.78, 5) is 17.1. The fourth-order valence-corrected chi connectivity index (χ4v) is 3.41. The van der Waals surface area contributed by atoms with Gasteiger partial charge in [0.15, 0.2) is 0 Å². The molecule has 1 atom stereocenters. The maximum atomic E-state index is 12.7. The summed E-state index contributed by atoms with van der Waals surface area (Å²) in [5.41, 5.74) is 2.86. The minimum absolute atomic E-state index is 0.180. The Kier molecular flexibility index (Phi) is 4.30. The van der Waals surface area contributed by atoms with Gasteiger partial charge in [0.1, 0.15) is 11.4 Å². The van der Waals surface area contributed by atoms with Crippen LogP contribution in [0.2, 0.25) is 0 Å². The number of H-pyrrole nitrogens is 1. The largest absolute Gasteiger partial charge is 0.393 e. The Balaban J connectivity index is 1.53. The number of aromatic nitrogens is 4. The van der Waals surface area contributed by atoms with Gasteiger partial charge in [0.25, 0.3) is 5.91 Å². The van der Waals surface area contributed by atoms with E-state index in [-0.39, 0.29) is 24.0 Å². The number of hydrogen-bond acceptors (Lipinski definition) is 4. The number of amides is 1. The van der Waals surface area contributed by atoms with Crippen LogP contribution < -0.4 is 5.32 Å². The van der Waals surface area contributed by atoms with E-state index in [2.05, 4.69) is 20.5 Å². The van der Waals surface area contributed by atoms with Crippen LogP contribution in [0.15, 0.2) is 48.8 Å². The molecule has 26 heavy (non-hydrogen) atoms. The summed E-state index contributed by atoms with van der Waals surface area (Å²) in [5, 5.41) is 19.8. The van der Waals surface area contributed by atoms with Crippen LogP contribution in [-0.2, 0) is 7.05 Å². The average molecular weight is 351 g/mol. The third kappa shape index (κ3) is 3.13. The molecule has 3 heterocycles. The Bertz CT molecular complexity index is 896. The highest BCUT2D eigenvalue weighted by Gasteiger charge is 2.36. The molecule has 4 rings (SSSR count). The van der Waals surface area contributed by atoms with E-state index < -0.39 is 0 Å². The van der Waals surface area contributed by atoms with Gasteiger partial charge in [-0.2, -0.15) is 5.10 Å². The number of nitrogens with zero attached hydrogens (tertiary/aromatic N) is 3. The van der Waals surface area contributed by atoms with E-state index in [1.54, 1.807) is 12.3 Å². The van der Waals surface area contributed by atoms with Crippen molar-refractivity contribution in [3.63, 3.8) is 0 Å². The van der Waals surface area contributed by atoms with Crippen LogP contribution in [-0.4, -0.2) is 36.9 Å². The number of aryl methyl sites for hydroxylation is 1. The van der Waals surface area contributed by atoms with Crippen molar-refractivity contribution in [3.8, 4) is 11.4 Å². The molecule has 0 bridgehead atoms. The van der Waals surface area contributed by atoms with E-state index in [0.29, 0.717) is 18.5 Å². The second-order valence-electron chi connectivity index (χ2n) is 6.76. The van der Waals surface area contributed by atoms with Gasteiger partial charge in [-0.25, -0.2) is 0 Å². The summed E-state index contributed by atoms with van der Waals surface area (Å²) in [6.45, 7) is 0. The molecule has 1 aliphatic rings. The summed E-state index contributed by atoms with van der Waals surface area (Å²) in [5.74, 6) is -0.0471. The molecular weight excluding hydrogens is 330 g/mol. The van der Waals surface area contributed by atoms with Crippen LogP contribution >= 0.6 is 0 Å². The molecule has 0 radical (unpaired) electrons. The smallest absolute Gasteiger partial charge is 0.269 e. The molecule has 0 aliphatic heterocycles. The lowest BCUT2D eigenvalue weighted by molar-refractivity contribution is 0.0227. The zero-order valence-electron chi connectivity index (χ0n) is 14.5. The van der Waals surface area contributed by atoms with Crippen molar-refractivity contribution in [2.45, 2.75) is 25.0 Å². The number of aliphatic hydroxyl groups is 1. The van der Waals surface area contributed by atoms with Crippen molar-refractivity contribution >= 4 is 5.91 Å². The normalized spacial score (nSPS) is 20.4. The predicted molar refractivity (Wildman–Crippen MR) is 96.2 cm³/mol. The van der Waals surface area contributed by atoms with E-state index in [9.17, 15) is 9.90 Å². The lowest BCUT2D eigenvalue weighted by Crippen LogP contribution is -2.41. The highest BCUT2D eigenvalue weighted by atomic mass is 16.3. The summed E-state index contributed by atoms with van der Waals surface area (Å²) >= 11 is 0. The van der Waals surface area contributed by atoms with Crippen molar-refractivity contribution in [2.75, 3.05) is 0 Å². The number of carbonyl (C=O) groups excluding carboxylic acids is 1. The Morgan fingerprint density at radius 3 is 2.85 bits per heavy atom. The molecule has 3 aromatic rings. The predicted octanol–water partition coefficient (Wildman–Crippen LogP) is 2.05. The van der Waals surface area contributed by atoms with Crippen LogP contribution in [0.5, 0.6) is 0 Å². The van der Waals surface area contributed by atoms with Gasteiger partial charge in [0.2, 0.25) is 0 Å². The molecule has 1 amide bonds. The van der Waals surface area contributed by atoms with Crippen LogP contribution in [0.3, 0.4) is 0 Å². The minimum atomic E-state index is -0.292. The number of pyridine rings is 1. The third-order valence-electron chi connectivity index (χ3n) is 4.94. The first-order valence-corrected chi connectivity index (χ1v) is 8.69. The lowest BCUT2D eigenvalue weighted by atomic mass is 9.76. The molecule has 7 nitrogen and oxygen atoms in total. The highest BCUT2D eigenvalue weighted by Crippen LogP contribution is 2.37. The van der Waals surface area contributed by atoms with Crippen LogP contribution in [0, 0.1) is 5.92 Å². The number of hydrogen-bond donors (Lipinski definition) is 3. The third-order valence-corrected chi connectivity index (χ3v) is 4.94. The SMILES string of the molecule is Cn1cccc1-c1cc(C(=O)NC(c2ccccn2)C2CC(O)C2)[nH]n1. The molecule has 1 unspecified atom stereocenters. The van der Waals surface area contributed by atoms with Crippen LogP contribution in [0.25, 0.3) is 11.4 Å². The molecule has 3 aromatic heterocycles. The lowest BCUT2D eigenvalue weighted by Gasteiger charge is -2.37. The summed E-state index contributed by atoms with van der Waals surface area (Å²) < 4.78 is 1.95. The van der Waals surface area contributed by atoms with E-state index in [4.69, 9.17) is 0 Å². The molecule has 3 N–H and O–H groups in total. The minimum Gasteiger partial charge on any atom is -0.393 e. The molecule has 0 aromatic carbocycles. The van der Waals surface area contributed by atoms with Gasteiger partial charge in [0.05, 0.1) is 23.5 Å². The number of nitrogens with one attached hydrogen (secondary N) is 2. The van der Waals surface area contributed by atoms with Crippen molar-refractivity contribution in [2.24, 2.45) is 13.0 Å². The molecule has 134 valence electrons. The molecule has 1 fully saturated rings. The van der Waals surface area contributed by atoms with Gasteiger partial charge in [-0.1, -0.05) is 6.07 Å². The number of aromatic amines is 1. The molecule has 7 heteroatoms. The number of aliphatic hydroxyl groups excluding tert-OH is 1. The van der Waals surface area contributed by atoms with Gasteiger partial charge in [-0.05, 0) is 49.1 Å². The first kappa shape index (κ1) is 16.5. The average Bonchev–Trinajstić information content (AvgIpc) is 3.26. The molecule has 0 saturated heterocycles. The molecule has 0 spiro atoms. The van der Waals surface area contributed by atoms with E-state index in [0.717, 1.165) is 17.1 Å². The number of carbonyl (C=O) groups is 1. The first-order valence-electron chi connectivity index (χ1n) is 8.69. The van der Waals surface area contributed by atoms with E-state index >= 15 is 0 Å². The summed E-state index contributed by atoms with van der Waals surface area (Å²) in [6, 6.07) is 11.1. The first-order chi connectivity index (χ1) is 12.6. The summed E-state index contributed by atoms with van der Waals surface area (Å²) in [6.07, 6.45) is 4.69. The zero-order chi connectivity index (χ0) is 18.1. The highest BCUT2D eigenvalue weighted by molar-refractivity contribution is 5.93. The van der Waals surface area contributed by atoms with Crippen molar-refractivity contribution in [1.82, 2.24) is 25.1 Å². The maximum absolute atomic E-state index is 12.7.